The molecule has 0 saturated heterocycles. The number of rotatable bonds is 3. The van der Waals surface area contributed by atoms with Gasteiger partial charge in [0.25, 0.3) is 0 Å². The second kappa shape index (κ2) is 7.33. The van der Waals surface area contributed by atoms with Crippen LogP contribution in [0.2, 0.25) is 5.02 Å². The number of aliphatic hydroxyl groups excluding tert-OH is 1. The van der Waals surface area contributed by atoms with Crippen LogP contribution in [0.1, 0.15) is 69.4 Å². The zero-order valence-electron chi connectivity index (χ0n) is 15.8. The van der Waals surface area contributed by atoms with E-state index in [4.69, 9.17) is 16.3 Å². The summed E-state index contributed by atoms with van der Waals surface area (Å²) >= 11 is 9.36. The third-order valence-electron chi connectivity index (χ3n) is 3.58. The van der Waals surface area contributed by atoms with E-state index in [9.17, 15) is 9.90 Å². The first kappa shape index (κ1) is 20.9. The summed E-state index contributed by atoms with van der Waals surface area (Å²) in [5, 5.41) is 11.6. The second-order valence-electron chi connectivity index (χ2n) is 8.08. The zero-order valence-corrected chi connectivity index (χ0v) is 18.1. The quantitative estimate of drug-likeness (QED) is 0.671. The molecule has 0 spiro atoms. The molecule has 1 unspecified atom stereocenters. The van der Waals surface area contributed by atoms with Gasteiger partial charge < -0.3 is 14.4 Å². The van der Waals surface area contributed by atoms with Gasteiger partial charge in [0.05, 0.1) is 5.69 Å². The van der Waals surface area contributed by atoms with Crippen molar-refractivity contribution < 1.29 is 14.6 Å². The van der Waals surface area contributed by atoms with Gasteiger partial charge in [0.15, 0.2) is 10.4 Å². The van der Waals surface area contributed by atoms with Crippen molar-refractivity contribution in [2.45, 2.75) is 58.8 Å². The summed E-state index contributed by atoms with van der Waals surface area (Å²) < 4.78 is 7.73. The third kappa shape index (κ3) is 4.67. The molecule has 1 heterocycles. The summed E-state index contributed by atoms with van der Waals surface area (Å²) in [5.41, 5.74) is -0.0194. The van der Waals surface area contributed by atoms with Crippen LogP contribution in [0.15, 0.2) is 29.0 Å². The van der Waals surface area contributed by atoms with Crippen LogP contribution >= 0.6 is 27.5 Å². The number of halogens is 2. The van der Waals surface area contributed by atoms with Gasteiger partial charge in [-0.2, -0.15) is 0 Å². The van der Waals surface area contributed by atoms with Crippen molar-refractivity contribution in [1.29, 1.82) is 0 Å². The van der Waals surface area contributed by atoms with E-state index in [-0.39, 0.29) is 5.69 Å². The fraction of sp³-hybridized carbons (Fsp3) is 0.474. The van der Waals surface area contributed by atoms with Gasteiger partial charge in [0.2, 0.25) is 0 Å². The molecule has 2 aromatic rings. The fourth-order valence-corrected chi connectivity index (χ4v) is 3.60. The minimum absolute atomic E-state index is 0.0872. The highest BCUT2D eigenvalue weighted by Crippen LogP contribution is 2.34. The minimum atomic E-state index is -1.06. The first-order chi connectivity index (χ1) is 11.8. The Morgan fingerprint density at radius 3 is 2.19 bits per heavy atom. The number of imidazole rings is 1. The topological polar surface area (TPSA) is 64.3 Å². The molecule has 2 rings (SSSR count). The second-order valence-corrected chi connectivity index (χ2v) is 9.22. The van der Waals surface area contributed by atoms with Crippen LogP contribution in [0.25, 0.3) is 0 Å². The Bertz CT molecular complexity index is 802. The maximum Gasteiger partial charge on any atom is 0.359 e. The Morgan fingerprint density at radius 1 is 1.19 bits per heavy atom. The van der Waals surface area contributed by atoms with E-state index >= 15 is 0 Å². The molecule has 0 saturated carbocycles. The lowest BCUT2D eigenvalue weighted by Crippen LogP contribution is -2.28. The van der Waals surface area contributed by atoms with Crippen molar-refractivity contribution >= 4 is 33.5 Å². The summed E-state index contributed by atoms with van der Waals surface area (Å²) in [4.78, 5) is 17.1. The van der Waals surface area contributed by atoms with Gasteiger partial charge >= 0.3 is 5.97 Å². The summed E-state index contributed by atoms with van der Waals surface area (Å²) in [5.74, 6) is -0.579. The zero-order chi connectivity index (χ0) is 19.9. The lowest BCUT2D eigenvalue weighted by Gasteiger charge is -2.27. The Balaban J connectivity index is 2.63. The number of hydrogen-bond acceptors (Lipinski definition) is 4. The average molecular weight is 444 g/mol. The first-order valence-corrected chi connectivity index (χ1v) is 9.44. The predicted octanol–water partition coefficient (Wildman–Crippen LogP) is 5.09. The van der Waals surface area contributed by atoms with Crippen LogP contribution in [-0.2, 0) is 10.3 Å². The lowest BCUT2D eigenvalue weighted by atomic mass is 10.0. The van der Waals surface area contributed by atoms with Gasteiger partial charge in [0.1, 0.15) is 11.7 Å². The first-order valence-electron chi connectivity index (χ1n) is 8.27. The Kier molecular flexibility index (Phi) is 5.90. The summed E-state index contributed by atoms with van der Waals surface area (Å²) in [6, 6.07) is 6.83. The van der Waals surface area contributed by atoms with Gasteiger partial charge in [-0.3, -0.25) is 0 Å². The van der Waals surface area contributed by atoms with Gasteiger partial charge in [-0.25, -0.2) is 9.78 Å². The monoisotopic (exact) mass is 442 g/mol. The van der Waals surface area contributed by atoms with Crippen molar-refractivity contribution in [2.24, 2.45) is 0 Å². The Hall–Kier alpha value is -1.37. The normalized spacial score (nSPS) is 13.6. The highest BCUT2D eigenvalue weighted by Gasteiger charge is 2.34. The average Bonchev–Trinajstić information content (AvgIpc) is 2.83. The largest absolute Gasteiger partial charge is 0.455 e. The van der Waals surface area contributed by atoms with Crippen molar-refractivity contribution in [3.05, 3.63) is 51.0 Å². The van der Waals surface area contributed by atoms with E-state index in [2.05, 4.69) is 20.9 Å². The number of esters is 1. The molecule has 1 atom stereocenters. The number of ether oxygens (including phenoxy) is 1. The molecule has 5 nitrogen and oxygen atoms in total. The molecule has 26 heavy (non-hydrogen) atoms. The van der Waals surface area contributed by atoms with Crippen LogP contribution < -0.4 is 0 Å². The Labute approximate surface area is 167 Å². The molecule has 7 heteroatoms. The number of carbonyl (C=O) groups excluding carboxylic acids is 1. The van der Waals surface area contributed by atoms with Crippen molar-refractivity contribution in [1.82, 2.24) is 9.55 Å². The number of hydrogen-bond donors (Lipinski definition) is 1. The number of aliphatic hydroxyl groups is 1. The number of aromatic nitrogens is 2. The maximum absolute atomic E-state index is 12.7. The van der Waals surface area contributed by atoms with Gasteiger partial charge in [-0.05, 0) is 75.2 Å². The number of benzene rings is 1. The molecule has 0 radical (unpaired) electrons. The third-order valence-corrected chi connectivity index (χ3v) is 4.36. The van der Waals surface area contributed by atoms with E-state index < -0.39 is 23.2 Å². The molecule has 0 fully saturated rings. The summed E-state index contributed by atoms with van der Waals surface area (Å²) in [7, 11) is 0. The highest BCUT2D eigenvalue weighted by molar-refractivity contribution is 9.10. The molecule has 1 aromatic heterocycles. The van der Waals surface area contributed by atoms with Crippen LogP contribution in [-0.4, -0.2) is 26.2 Å². The Morgan fingerprint density at radius 2 is 1.73 bits per heavy atom. The van der Waals surface area contributed by atoms with Crippen LogP contribution in [0.4, 0.5) is 0 Å². The van der Waals surface area contributed by atoms with Gasteiger partial charge in [-0.1, -0.05) is 23.7 Å². The lowest BCUT2D eigenvalue weighted by molar-refractivity contribution is 0.00581. The molecular formula is C19H24BrClN2O3. The van der Waals surface area contributed by atoms with Crippen LogP contribution in [0.3, 0.4) is 0 Å². The molecule has 1 N–H and O–H groups in total. The van der Waals surface area contributed by atoms with Crippen LogP contribution in [0.5, 0.6) is 0 Å². The molecule has 1 aromatic carbocycles. The van der Waals surface area contributed by atoms with E-state index in [0.717, 1.165) is 0 Å². The van der Waals surface area contributed by atoms with Crippen molar-refractivity contribution in [2.75, 3.05) is 0 Å². The molecule has 142 valence electrons. The van der Waals surface area contributed by atoms with Gasteiger partial charge in [-0.15, -0.1) is 0 Å². The van der Waals surface area contributed by atoms with E-state index in [1.807, 2.05) is 20.8 Å². The van der Waals surface area contributed by atoms with E-state index in [1.54, 1.807) is 49.6 Å². The molecule has 0 aliphatic carbocycles. The van der Waals surface area contributed by atoms with E-state index in [1.165, 1.54) is 0 Å². The maximum atomic E-state index is 12.7. The number of carbonyl (C=O) groups is 1. The van der Waals surface area contributed by atoms with E-state index in [0.29, 0.717) is 21.0 Å². The minimum Gasteiger partial charge on any atom is -0.455 e. The molecule has 0 bridgehead atoms. The van der Waals surface area contributed by atoms with Crippen LogP contribution in [0, 0.1) is 0 Å². The molecule has 0 aliphatic rings. The SMILES string of the molecule is CC(C)(C)OC(=O)c1nc(Br)n(C(C)(C)C)c1C(O)c1ccc(Cl)cc1. The predicted molar refractivity (Wildman–Crippen MR) is 106 cm³/mol. The summed E-state index contributed by atoms with van der Waals surface area (Å²) in [6.45, 7) is 11.3. The standard InChI is InChI=1S/C19H24BrClN2O3/c1-18(2,3)23-14(15(24)11-7-9-12(21)10-8-11)13(22-17(23)20)16(25)26-19(4,5)6/h7-10,15,24H,1-6H3. The fourth-order valence-electron chi connectivity index (χ4n) is 2.57. The highest BCUT2D eigenvalue weighted by atomic mass is 79.9. The van der Waals surface area contributed by atoms with Crippen molar-refractivity contribution in [3.8, 4) is 0 Å². The summed E-state index contributed by atoms with van der Waals surface area (Å²) in [6.07, 6.45) is -1.06. The van der Waals surface area contributed by atoms with Crippen molar-refractivity contribution in [3.63, 3.8) is 0 Å². The van der Waals surface area contributed by atoms with Gasteiger partial charge in [0, 0.05) is 10.6 Å². The smallest absolute Gasteiger partial charge is 0.359 e. The number of nitrogens with zero attached hydrogens (tertiary/aromatic N) is 2. The molecule has 0 aliphatic heterocycles. The molecule has 0 amide bonds. The molecular weight excluding hydrogens is 420 g/mol.